The molecule has 0 heterocycles. The summed E-state index contributed by atoms with van der Waals surface area (Å²) in [6.45, 7) is 5.53. The molecule has 0 radical (unpaired) electrons. The summed E-state index contributed by atoms with van der Waals surface area (Å²) in [5.41, 5.74) is 1.07. The van der Waals surface area contributed by atoms with E-state index in [2.05, 4.69) is 0 Å². The van der Waals surface area contributed by atoms with Crippen molar-refractivity contribution in [2.75, 3.05) is 0 Å². The minimum absolute atomic E-state index is 0.193. The molecule has 0 aromatic heterocycles. The van der Waals surface area contributed by atoms with Gasteiger partial charge in [-0.25, -0.2) is 4.39 Å². The average Bonchev–Trinajstić information content (AvgIpc) is 1.99. The fraction of sp³-hybridized carbons (Fsp3) is 0.333. The number of halogens is 1. The van der Waals surface area contributed by atoms with Gasteiger partial charge in [-0.1, -0.05) is 23.8 Å². The molecule has 0 bridgehead atoms. The molecule has 0 aliphatic heterocycles. The van der Waals surface area contributed by atoms with Gasteiger partial charge in [0.2, 0.25) is 0 Å². The summed E-state index contributed by atoms with van der Waals surface area (Å²) in [6, 6.07) is 0. The van der Waals surface area contributed by atoms with Crippen LogP contribution >= 0.6 is 0 Å². The van der Waals surface area contributed by atoms with Gasteiger partial charge in [-0.05, 0) is 26.8 Å². The highest BCUT2D eigenvalue weighted by atomic mass is 19.1. The number of hydrogen-bond acceptors (Lipinski definition) is 0. The van der Waals surface area contributed by atoms with Crippen molar-refractivity contribution in [1.82, 2.24) is 0 Å². The Hall–Kier alpha value is -0.850. The minimum Gasteiger partial charge on any atom is -0.207 e. The Kier molecular flexibility index (Phi) is 4.55. The van der Waals surface area contributed by atoms with Gasteiger partial charge in [-0.3, -0.25) is 0 Å². The fourth-order valence-corrected chi connectivity index (χ4v) is 0.404. The molecule has 10 heavy (non-hydrogen) atoms. The lowest BCUT2D eigenvalue weighted by molar-refractivity contribution is 0.665. The summed E-state index contributed by atoms with van der Waals surface area (Å²) in [7, 11) is 0. The molecule has 0 fully saturated rings. The summed E-state index contributed by atoms with van der Waals surface area (Å²) in [5.74, 6) is -0.193. The van der Waals surface area contributed by atoms with E-state index in [4.69, 9.17) is 0 Å². The Bertz CT molecular complexity index is 153. The van der Waals surface area contributed by atoms with Crippen molar-refractivity contribution in [2.24, 2.45) is 0 Å². The van der Waals surface area contributed by atoms with Crippen LogP contribution in [0.3, 0.4) is 0 Å². The Morgan fingerprint density at radius 3 is 2.10 bits per heavy atom. The van der Waals surface area contributed by atoms with Crippen molar-refractivity contribution < 1.29 is 4.39 Å². The Labute approximate surface area is 61.8 Å². The lowest BCUT2D eigenvalue weighted by Gasteiger charge is -1.86. The third-order valence-electron chi connectivity index (χ3n) is 1.24. The van der Waals surface area contributed by atoms with Crippen LogP contribution in [0.15, 0.2) is 35.7 Å². The topological polar surface area (TPSA) is 0 Å². The normalized spacial score (nSPS) is 14.8. The number of allylic oxidation sites excluding steroid dienone is 6. The van der Waals surface area contributed by atoms with Crippen molar-refractivity contribution in [1.29, 1.82) is 0 Å². The van der Waals surface area contributed by atoms with E-state index in [0.717, 1.165) is 5.57 Å². The van der Waals surface area contributed by atoms with E-state index in [9.17, 15) is 4.39 Å². The molecule has 0 aliphatic rings. The summed E-state index contributed by atoms with van der Waals surface area (Å²) in [5, 5.41) is 0. The van der Waals surface area contributed by atoms with Crippen LogP contribution in [-0.4, -0.2) is 0 Å². The maximum absolute atomic E-state index is 12.4. The van der Waals surface area contributed by atoms with Crippen molar-refractivity contribution in [2.45, 2.75) is 20.8 Å². The van der Waals surface area contributed by atoms with Crippen molar-refractivity contribution >= 4 is 0 Å². The number of rotatable bonds is 2. The van der Waals surface area contributed by atoms with Gasteiger partial charge in [0.1, 0.15) is 5.83 Å². The van der Waals surface area contributed by atoms with Gasteiger partial charge in [0.05, 0.1) is 0 Å². The highest BCUT2D eigenvalue weighted by Crippen LogP contribution is 2.01. The third-order valence-corrected chi connectivity index (χ3v) is 1.24. The lowest BCUT2D eigenvalue weighted by atomic mass is 10.2. The summed E-state index contributed by atoms with van der Waals surface area (Å²) in [6.07, 6.45) is 6.56. The van der Waals surface area contributed by atoms with E-state index in [1.54, 1.807) is 13.0 Å². The Morgan fingerprint density at radius 2 is 1.70 bits per heavy atom. The van der Waals surface area contributed by atoms with Crippen molar-refractivity contribution in [3.05, 3.63) is 35.7 Å². The van der Waals surface area contributed by atoms with Gasteiger partial charge < -0.3 is 0 Å². The van der Waals surface area contributed by atoms with Crippen LogP contribution in [0.25, 0.3) is 0 Å². The first-order valence-corrected chi connectivity index (χ1v) is 3.33. The SMILES string of the molecule is C\C=C(C)/C=C\C(F)=C\C. The van der Waals surface area contributed by atoms with Gasteiger partial charge in [0, 0.05) is 0 Å². The third kappa shape index (κ3) is 4.07. The molecule has 0 N–H and O–H groups in total. The number of hydrogen-bond donors (Lipinski definition) is 0. The Balaban J connectivity index is 4.01. The quantitative estimate of drug-likeness (QED) is 0.516. The van der Waals surface area contributed by atoms with E-state index in [1.807, 2.05) is 19.9 Å². The zero-order valence-corrected chi connectivity index (χ0v) is 6.69. The molecule has 0 rings (SSSR count). The van der Waals surface area contributed by atoms with Crippen LogP contribution in [0.1, 0.15) is 20.8 Å². The first-order valence-electron chi connectivity index (χ1n) is 3.33. The summed E-state index contributed by atoms with van der Waals surface area (Å²) < 4.78 is 12.4. The standard InChI is InChI=1S/C9H13F/c1-4-8(3)6-7-9(10)5-2/h4-7H,1-3H3/b7-6-,8-4-,9-5-. The smallest absolute Gasteiger partial charge is 0.118 e. The van der Waals surface area contributed by atoms with Gasteiger partial charge in [-0.15, -0.1) is 0 Å². The molecular weight excluding hydrogens is 127 g/mol. The van der Waals surface area contributed by atoms with Gasteiger partial charge in [0.15, 0.2) is 0 Å². The first kappa shape index (κ1) is 9.15. The highest BCUT2D eigenvalue weighted by Gasteiger charge is 1.81. The van der Waals surface area contributed by atoms with Crippen LogP contribution in [0.2, 0.25) is 0 Å². The molecular formula is C9H13F. The van der Waals surface area contributed by atoms with E-state index in [0.29, 0.717) is 0 Å². The maximum Gasteiger partial charge on any atom is 0.118 e. The predicted molar refractivity (Wildman–Crippen MR) is 43.4 cm³/mol. The maximum atomic E-state index is 12.4. The molecule has 0 aromatic rings. The zero-order valence-electron chi connectivity index (χ0n) is 6.69. The predicted octanol–water partition coefficient (Wildman–Crippen LogP) is 3.38. The largest absolute Gasteiger partial charge is 0.207 e. The van der Waals surface area contributed by atoms with Crippen LogP contribution in [-0.2, 0) is 0 Å². The average molecular weight is 140 g/mol. The van der Waals surface area contributed by atoms with Crippen molar-refractivity contribution in [3.8, 4) is 0 Å². The van der Waals surface area contributed by atoms with Crippen LogP contribution in [0.5, 0.6) is 0 Å². The first-order chi connectivity index (χ1) is 4.70. The molecule has 0 saturated carbocycles. The molecule has 0 saturated heterocycles. The minimum atomic E-state index is -0.193. The molecule has 1 heteroatoms. The highest BCUT2D eigenvalue weighted by molar-refractivity contribution is 5.22. The Morgan fingerprint density at radius 1 is 1.10 bits per heavy atom. The second-order valence-corrected chi connectivity index (χ2v) is 2.04. The van der Waals surface area contributed by atoms with Crippen molar-refractivity contribution in [3.63, 3.8) is 0 Å². The van der Waals surface area contributed by atoms with Gasteiger partial charge in [-0.2, -0.15) is 0 Å². The van der Waals surface area contributed by atoms with Crippen LogP contribution in [0.4, 0.5) is 4.39 Å². The molecule has 56 valence electrons. The van der Waals surface area contributed by atoms with E-state index >= 15 is 0 Å². The second-order valence-electron chi connectivity index (χ2n) is 2.04. The van der Waals surface area contributed by atoms with E-state index in [-0.39, 0.29) is 5.83 Å². The van der Waals surface area contributed by atoms with Gasteiger partial charge >= 0.3 is 0 Å². The van der Waals surface area contributed by atoms with E-state index < -0.39 is 0 Å². The summed E-state index contributed by atoms with van der Waals surface area (Å²) >= 11 is 0. The summed E-state index contributed by atoms with van der Waals surface area (Å²) in [4.78, 5) is 0. The fourth-order valence-electron chi connectivity index (χ4n) is 0.404. The second kappa shape index (κ2) is 4.98. The van der Waals surface area contributed by atoms with E-state index in [1.165, 1.54) is 12.2 Å². The molecule has 0 atom stereocenters. The molecule has 0 nitrogen and oxygen atoms in total. The molecule has 0 aliphatic carbocycles. The van der Waals surface area contributed by atoms with Crippen LogP contribution in [0, 0.1) is 0 Å². The molecule has 0 unspecified atom stereocenters. The molecule has 0 amide bonds. The monoisotopic (exact) mass is 140 g/mol. The zero-order chi connectivity index (χ0) is 7.98. The van der Waals surface area contributed by atoms with Gasteiger partial charge in [0.25, 0.3) is 0 Å². The molecule has 0 aromatic carbocycles. The van der Waals surface area contributed by atoms with Crippen LogP contribution < -0.4 is 0 Å². The lowest BCUT2D eigenvalue weighted by Crippen LogP contribution is -1.66. The molecule has 0 spiro atoms.